The summed E-state index contributed by atoms with van der Waals surface area (Å²) in [5.74, 6) is -0.0333. The first-order chi connectivity index (χ1) is 9.14. The van der Waals surface area contributed by atoms with Gasteiger partial charge in [0.05, 0.1) is 12.0 Å². The summed E-state index contributed by atoms with van der Waals surface area (Å²) in [6.45, 7) is 4.95. The Bertz CT molecular complexity index is 296. The van der Waals surface area contributed by atoms with Crippen LogP contribution in [0.5, 0.6) is 0 Å². The normalized spacial score (nSPS) is 17.8. The van der Waals surface area contributed by atoms with Gasteiger partial charge in [-0.05, 0) is 32.9 Å². The van der Waals surface area contributed by atoms with Gasteiger partial charge in [0.2, 0.25) is 11.8 Å². The molecule has 2 amide bonds. The minimum atomic E-state index is -0.443. The number of nitrogens with one attached hydrogen (secondary N) is 3. The summed E-state index contributed by atoms with van der Waals surface area (Å²) in [6, 6.07) is 0. The van der Waals surface area contributed by atoms with Crippen LogP contribution in [-0.2, 0) is 14.3 Å². The van der Waals surface area contributed by atoms with Gasteiger partial charge in [-0.2, -0.15) is 0 Å². The highest BCUT2D eigenvalue weighted by Crippen LogP contribution is 2.29. The van der Waals surface area contributed by atoms with E-state index < -0.39 is 5.41 Å². The first kappa shape index (κ1) is 15.9. The zero-order chi connectivity index (χ0) is 14.1. The van der Waals surface area contributed by atoms with E-state index in [1.54, 1.807) is 7.11 Å². The largest absolute Gasteiger partial charge is 0.384 e. The fraction of sp³-hybridized carbons (Fsp3) is 0.846. The molecule has 6 nitrogen and oxygen atoms in total. The van der Waals surface area contributed by atoms with E-state index in [0.717, 1.165) is 25.9 Å². The van der Waals surface area contributed by atoms with Crippen molar-refractivity contribution in [3.63, 3.8) is 0 Å². The van der Waals surface area contributed by atoms with Gasteiger partial charge in [0.25, 0.3) is 0 Å². The molecule has 0 saturated carbocycles. The SMILES string of the molecule is CCNC(=O)CCNC(=O)C1(COC)CCNCC1. The summed E-state index contributed by atoms with van der Waals surface area (Å²) in [5.41, 5.74) is -0.443. The van der Waals surface area contributed by atoms with Crippen molar-refractivity contribution in [1.82, 2.24) is 16.0 Å². The molecular formula is C13H25N3O3. The Kier molecular flexibility index (Phi) is 6.80. The van der Waals surface area contributed by atoms with E-state index in [1.807, 2.05) is 6.92 Å². The Balaban J connectivity index is 2.42. The van der Waals surface area contributed by atoms with Gasteiger partial charge in [-0.15, -0.1) is 0 Å². The van der Waals surface area contributed by atoms with Gasteiger partial charge in [0, 0.05) is 26.6 Å². The average Bonchev–Trinajstić information content (AvgIpc) is 2.40. The number of ether oxygens (including phenoxy) is 1. The lowest BCUT2D eigenvalue weighted by Gasteiger charge is -2.35. The molecule has 19 heavy (non-hydrogen) atoms. The number of rotatable bonds is 7. The quantitative estimate of drug-likeness (QED) is 0.591. The molecule has 1 saturated heterocycles. The molecule has 0 atom stereocenters. The van der Waals surface area contributed by atoms with Gasteiger partial charge in [0.1, 0.15) is 0 Å². The van der Waals surface area contributed by atoms with Gasteiger partial charge in [-0.3, -0.25) is 9.59 Å². The molecule has 0 aromatic heterocycles. The topological polar surface area (TPSA) is 79.5 Å². The minimum Gasteiger partial charge on any atom is -0.384 e. The predicted octanol–water partition coefficient (Wildman–Crippen LogP) is -0.355. The van der Waals surface area contributed by atoms with Crippen molar-refractivity contribution in [3.05, 3.63) is 0 Å². The molecule has 110 valence electrons. The van der Waals surface area contributed by atoms with Crippen LogP contribution in [0.25, 0.3) is 0 Å². The fourth-order valence-electron chi connectivity index (χ4n) is 2.38. The monoisotopic (exact) mass is 271 g/mol. The number of amides is 2. The molecule has 0 radical (unpaired) electrons. The summed E-state index contributed by atoms with van der Waals surface area (Å²) in [4.78, 5) is 23.6. The smallest absolute Gasteiger partial charge is 0.228 e. The van der Waals surface area contributed by atoms with Crippen molar-refractivity contribution < 1.29 is 14.3 Å². The lowest BCUT2D eigenvalue weighted by molar-refractivity contribution is -0.136. The van der Waals surface area contributed by atoms with Crippen LogP contribution in [0.4, 0.5) is 0 Å². The van der Waals surface area contributed by atoms with Crippen molar-refractivity contribution in [3.8, 4) is 0 Å². The Morgan fingerprint density at radius 2 is 1.95 bits per heavy atom. The third-order valence-corrected chi connectivity index (χ3v) is 3.47. The van der Waals surface area contributed by atoms with Crippen molar-refractivity contribution >= 4 is 11.8 Å². The van der Waals surface area contributed by atoms with Crippen LogP contribution in [0, 0.1) is 5.41 Å². The van der Waals surface area contributed by atoms with Crippen molar-refractivity contribution in [1.29, 1.82) is 0 Å². The van der Waals surface area contributed by atoms with E-state index in [2.05, 4.69) is 16.0 Å². The molecule has 0 aliphatic carbocycles. The molecule has 3 N–H and O–H groups in total. The number of carbonyl (C=O) groups excluding carboxylic acids is 2. The first-order valence-electron chi connectivity index (χ1n) is 6.89. The molecule has 1 rings (SSSR count). The molecule has 1 heterocycles. The van der Waals surface area contributed by atoms with E-state index in [0.29, 0.717) is 26.1 Å². The molecular weight excluding hydrogens is 246 g/mol. The number of piperidine rings is 1. The third kappa shape index (κ3) is 4.80. The van der Waals surface area contributed by atoms with Crippen LogP contribution in [-0.4, -0.2) is 51.7 Å². The summed E-state index contributed by atoms with van der Waals surface area (Å²) in [6.07, 6.45) is 1.86. The fourth-order valence-corrected chi connectivity index (χ4v) is 2.38. The van der Waals surface area contributed by atoms with Crippen LogP contribution in [0.15, 0.2) is 0 Å². The molecule has 0 aromatic carbocycles. The maximum absolute atomic E-state index is 12.3. The highest BCUT2D eigenvalue weighted by atomic mass is 16.5. The van der Waals surface area contributed by atoms with Gasteiger partial charge in [-0.25, -0.2) is 0 Å². The highest BCUT2D eigenvalue weighted by molar-refractivity contribution is 5.83. The standard InChI is InChI=1S/C13H25N3O3/c1-3-15-11(17)4-7-16-12(18)13(10-19-2)5-8-14-9-6-13/h14H,3-10H2,1-2H3,(H,15,17)(H,16,18). The van der Waals surface area contributed by atoms with E-state index in [1.165, 1.54) is 0 Å². The van der Waals surface area contributed by atoms with Crippen LogP contribution in [0.3, 0.4) is 0 Å². The summed E-state index contributed by atoms with van der Waals surface area (Å²) < 4.78 is 5.20. The van der Waals surface area contributed by atoms with E-state index in [4.69, 9.17) is 4.74 Å². The van der Waals surface area contributed by atoms with Gasteiger partial charge < -0.3 is 20.7 Å². The molecule has 0 unspecified atom stereocenters. The number of hydrogen-bond donors (Lipinski definition) is 3. The Hall–Kier alpha value is -1.14. The first-order valence-corrected chi connectivity index (χ1v) is 6.89. The van der Waals surface area contributed by atoms with Crippen LogP contribution in [0.1, 0.15) is 26.2 Å². The lowest BCUT2D eigenvalue weighted by atomic mass is 9.78. The second-order valence-electron chi connectivity index (χ2n) is 4.92. The maximum Gasteiger partial charge on any atom is 0.228 e. The highest BCUT2D eigenvalue weighted by Gasteiger charge is 2.39. The van der Waals surface area contributed by atoms with E-state index in [-0.39, 0.29) is 11.8 Å². The van der Waals surface area contributed by atoms with Gasteiger partial charge in [0.15, 0.2) is 0 Å². The summed E-state index contributed by atoms with van der Waals surface area (Å²) >= 11 is 0. The number of carbonyl (C=O) groups is 2. The summed E-state index contributed by atoms with van der Waals surface area (Å²) in [5, 5.41) is 8.81. The van der Waals surface area contributed by atoms with E-state index >= 15 is 0 Å². The Labute approximate surface area is 114 Å². The van der Waals surface area contributed by atoms with Crippen molar-refractivity contribution in [2.24, 2.45) is 5.41 Å². The Morgan fingerprint density at radius 3 is 2.53 bits per heavy atom. The summed E-state index contributed by atoms with van der Waals surface area (Å²) in [7, 11) is 1.62. The van der Waals surface area contributed by atoms with Gasteiger partial charge in [-0.1, -0.05) is 0 Å². The van der Waals surface area contributed by atoms with Crippen molar-refractivity contribution in [2.75, 3.05) is 39.9 Å². The zero-order valence-corrected chi connectivity index (χ0v) is 11.9. The van der Waals surface area contributed by atoms with E-state index in [9.17, 15) is 9.59 Å². The third-order valence-electron chi connectivity index (χ3n) is 3.47. The molecule has 1 aliphatic rings. The maximum atomic E-state index is 12.3. The molecule has 6 heteroatoms. The van der Waals surface area contributed by atoms with Crippen LogP contribution in [0.2, 0.25) is 0 Å². The molecule has 1 aliphatic heterocycles. The molecule has 0 spiro atoms. The molecule has 0 aromatic rings. The molecule has 1 fully saturated rings. The average molecular weight is 271 g/mol. The van der Waals surface area contributed by atoms with Gasteiger partial charge >= 0.3 is 0 Å². The van der Waals surface area contributed by atoms with Crippen LogP contribution >= 0.6 is 0 Å². The minimum absolute atomic E-state index is 0.000137. The predicted molar refractivity (Wildman–Crippen MR) is 72.7 cm³/mol. The molecule has 0 bridgehead atoms. The van der Waals surface area contributed by atoms with Crippen LogP contribution < -0.4 is 16.0 Å². The number of hydrogen-bond acceptors (Lipinski definition) is 4. The Morgan fingerprint density at radius 1 is 1.26 bits per heavy atom. The lowest BCUT2D eigenvalue weighted by Crippen LogP contribution is -2.50. The zero-order valence-electron chi connectivity index (χ0n) is 11.9. The van der Waals surface area contributed by atoms with Crippen molar-refractivity contribution in [2.45, 2.75) is 26.2 Å². The second kappa shape index (κ2) is 8.12. The number of methoxy groups -OCH3 is 1. The second-order valence-corrected chi connectivity index (χ2v) is 4.92.